The van der Waals surface area contributed by atoms with Gasteiger partial charge >= 0.3 is 0 Å². The number of hydrogen-bond donors (Lipinski definition) is 1. The molecule has 0 bridgehead atoms. The molecule has 0 aliphatic rings. The van der Waals surface area contributed by atoms with Gasteiger partial charge < -0.3 is 10.3 Å². The Morgan fingerprint density at radius 1 is 1.26 bits per heavy atom. The fraction of sp³-hybridized carbons (Fsp3) is 0.214. The first kappa shape index (κ1) is 11.8. The van der Waals surface area contributed by atoms with Crippen LogP contribution >= 0.6 is 0 Å². The van der Waals surface area contributed by atoms with Crippen LogP contribution in [0.25, 0.3) is 22.3 Å². The van der Waals surface area contributed by atoms with Gasteiger partial charge in [0.25, 0.3) is 0 Å². The van der Waals surface area contributed by atoms with E-state index in [1.165, 1.54) is 0 Å². The van der Waals surface area contributed by atoms with Gasteiger partial charge in [0.1, 0.15) is 5.69 Å². The number of rotatable bonds is 3. The van der Waals surface area contributed by atoms with Crippen molar-refractivity contribution in [2.45, 2.75) is 19.4 Å². The molecule has 3 aromatic rings. The number of nitrogens with two attached hydrogens (primary N) is 1. The van der Waals surface area contributed by atoms with Crippen LogP contribution in [0.1, 0.15) is 25.3 Å². The molecule has 1 unspecified atom stereocenters. The summed E-state index contributed by atoms with van der Waals surface area (Å²) in [6.45, 7) is 1.98. The minimum atomic E-state index is -0.226. The van der Waals surface area contributed by atoms with Crippen LogP contribution in [0.3, 0.4) is 0 Å². The maximum atomic E-state index is 5.88. The molecule has 0 aliphatic heterocycles. The first-order valence-corrected chi connectivity index (χ1v) is 6.23. The number of pyridine rings is 1. The Morgan fingerprint density at radius 3 is 2.95 bits per heavy atom. The van der Waals surface area contributed by atoms with Gasteiger partial charge in [0, 0.05) is 11.6 Å². The second kappa shape index (κ2) is 4.78. The van der Waals surface area contributed by atoms with E-state index in [0.29, 0.717) is 11.7 Å². The fourth-order valence-corrected chi connectivity index (χ4v) is 1.95. The lowest BCUT2D eigenvalue weighted by Gasteiger charge is -2.01. The average molecular weight is 254 g/mol. The fourth-order valence-electron chi connectivity index (χ4n) is 1.95. The van der Waals surface area contributed by atoms with Crippen LogP contribution in [0.15, 0.2) is 41.1 Å². The summed E-state index contributed by atoms with van der Waals surface area (Å²) in [6, 6.07) is 9.70. The Kier molecular flexibility index (Phi) is 2.97. The zero-order valence-electron chi connectivity index (χ0n) is 10.6. The molecule has 19 heavy (non-hydrogen) atoms. The molecule has 1 aromatic carbocycles. The van der Waals surface area contributed by atoms with Gasteiger partial charge in [-0.1, -0.05) is 36.3 Å². The summed E-state index contributed by atoms with van der Waals surface area (Å²) in [5, 5.41) is 6.08. The van der Waals surface area contributed by atoms with Crippen molar-refractivity contribution >= 4 is 10.8 Å². The van der Waals surface area contributed by atoms with E-state index in [4.69, 9.17) is 10.3 Å². The summed E-state index contributed by atoms with van der Waals surface area (Å²) in [5.41, 5.74) is 6.60. The van der Waals surface area contributed by atoms with Crippen LogP contribution in [0.2, 0.25) is 0 Å². The molecule has 0 saturated carbocycles. The lowest BCUT2D eigenvalue weighted by Crippen LogP contribution is -2.08. The second-order valence-corrected chi connectivity index (χ2v) is 4.35. The Morgan fingerprint density at radius 2 is 2.11 bits per heavy atom. The zero-order chi connectivity index (χ0) is 13.2. The molecule has 96 valence electrons. The van der Waals surface area contributed by atoms with Gasteiger partial charge in [-0.2, -0.15) is 4.98 Å². The highest BCUT2D eigenvalue weighted by atomic mass is 16.5. The summed E-state index contributed by atoms with van der Waals surface area (Å²) in [5.74, 6) is 0.933. The molecule has 0 spiro atoms. The molecule has 0 fully saturated rings. The lowest BCUT2D eigenvalue weighted by molar-refractivity contribution is 0.352. The van der Waals surface area contributed by atoms with Gasteiger partial charge in [-0.25, -0.2) is 0 Å². The van der Waals surface area contributed by atoms with Gasteiger partial charge in [-0.15, -0.1) is 0 Å². The topological polar surface area (TPSA) is 77.8 Å². The maximum absolute atomic E-state index is 5.88. The Hall–Kier alpha value is -2.27. The van der Waals surface area contributed by atoms with Gasteiger partial charge in [0.2, 0.25) is 11.7 Å². The molecule has 2 N–H and O–H groups in total. The standard InChI is InChI=1S/C14H14N4O/c1-2-11(15)14-17-13(18-19-14)12-10-6-4-3-5-9(10)7-8-16-12/h3-8,11H,2,15H2,1H3. The van der Waals surface area contributed by atoms with Gasteiger partial charge in [-0.3, -0.25) is 4.98 Å². The smallest absolute Gasteiger partial charge is 0.243 e. The van der Waals surface area contributed by atoms with Crippen molar-refractivity contribution in [2.75, 3.05) is 0 Å². The first-order valence-electron chi connectivity index (χ1n) is 6.23. The maximum Gasteiger partial charge on any atom is 0.243 e. The van der Waals surface area contributed by atoms with E-state index >= 15 is 0 Å². The largest absolute Gasteiger partial charge is 0.337 e. The minimum Gasteiger partial charge on any atom is -0.337 e. The van der Waals surface area contributed by atoms with Crippen LogP contribution in [-0.2, 0) is 0 Å². The van der Waals surface area contributed by atoms with Crippen LogP contribution in [0.4, 0.5) is 0 Å². The third kappa shape index (κ3) is 2.08. The Balaban J connectivity index is 2.12. The van der Waals surface area contributed by atoms with Crippen molar-refractivity contribution in [1.82, 2.24) is 15.1 Å². The monoisotopic (exact) mass is 254 g/mol. The van der Waals surface area contributed by atoms with E-state index in [9.17, 15) is 0 Å². The first-order chi connectivity index (χ1) is 9.29. The number of aromatic nitrogens is 3. The molecule has 1 atom stereocenters. The van der Waals surface area contributed by atoms with E-state index in [1.807, 2.05) is 37.3 Å². The van der Waals surface area contributed by atoms with E-state index < -0.39 is 0 Å². The summed E-state index contributed by atoms with van der Waals surface area (Å²) in [7, 11) is 0. The highest BCUT2D eigenvalue weighted by Crippen LogP contribution is 2.25. The number of nitrogens with zero attached hydrogens (tertiary/aromatic N) is 3. The molecule has 0 radical (unpaired) electrons. The van der Waals surface area contributed by atoms with Crippen LogP contribution < -0.4 is 5.73 Å². The molecule has 2 heterocycles. The summed E-state index contributed by atoms with van der Waals surface area (Å²) in [4.78, 5) is 8.69. The van der Waals surface area contributed by atoms with E-state index in [0.717, 1.165) is 22.9 Å². The SMILES string of the molecule is CCC(N)c1nc(-c2nccc3ccccc23)no1. The van der Waals surface area contributed by atoms with Crippen LogP contribution in [-0.4, -0.2) is 15.1 Å². The Labute approximate surface area is 110 Å². The number of hydrogen-bond acceptors (Lipinski definition) is 5. The molecule has 5 heteroatoms. The predicted octanol–water partition coefficient (Wildman–Crippen LogP) is 2.69. The van der Waals surface area contributed by atoms with Gasteiger partial charge in [-0.05, 0) is 17.9 Å². The molecular weight excluding hydrogens is 240 g/mol. The molecule has 2 aromatic heterocycles. The number of benzene rings is 1. The third-order valence-corrected chi connectivity index (χ3v) is 3.08. The molecule has 5 nitrogen and oxygen atoms in total. The third-order valence-electron chi connectivity index (χ3n) is 3.08. The van der Waals surface area contributed by atoms with E-state index in [-0.39, 0.29) is 6.04 Å². The van der Waals surface area contributed by atoms with Crippen LogP contribution in [0.5, 0.6) is 0 Å². The van der Waals surface area contributed by atoms with Crippen molar-refractivity contribution in [2.24, 2.45) is 5.73 Å². The van der Waals surface area contributed by atoms with Crippen molar-refractivity contribution in [3.05, 3.63) is 42.4 Å². The van der Waals surface area contributed by atoms with Crippen molar-refractivity contribution in [1.29, 1.82) is 0 Å². The molecule has 0 saturated heterocycles. The Bertz CT molecular complexity index is 702. The molecular formula is C14H14N4O. The van der Waals surface area contributed by atoms with Crippen molar-refractivity contribution in [3.8, 4) is 11.5 Å². The average Bonchev–Trinajstić information content (AvgIpc) is 2.95. The normalized spacial score (nSPS) is 12.7. The molecule has 3 rings (SSSR count). The van der Waals surface area contributed by atoms with Gasteiger partial charge in [0.05, 0.1) is 6.04 Å². The summed E-state index contributed by atoms with van der Waals surface area (Å²) in [6.07, 6.45) is 2.50. The van der Waals surface area contributed by atoms with Crippen molar-refractivity contribution in [3.63, 3.8) is 0 Å². The molecule has 0 amide bonds. The lowest BCUT2D eigenvalue weighted by atomic mass is 10.1. The second-order valence-electron chi connectivity index (χ2n) is 4.35. The quantitative estimate of drug-likeness (QED) is 0.777. The predicted molar refractivity (Wildman–Crippen MR) is 72.3 cm³/mol. The summed E-state index contributed by atoms with van der Waals surface area (Å²) < 4.78 is 5.19. The zero-order valence-corrected chi connectivity index (χ0v) is 10.6. The highest BCUT2D eigenvalue weighted by molar-refractivity contribution is 5.92. The highest BCUT2D eigenvalue weighted by Gasteiger charge is 2.16. The summed E-state index contributed by atoms with van der Waals surface area (Å²) >= 11 is 0. The molecule has 0 aliphatic carbocycles. The van der Waals surface area contributed by atoms with E-state index in [1.54, 1.807) is 6.20 Å². The van der Waals surface area contributed by atoms with Crippen LogP contribution in [0, 0.1) is 0 Å². The van der Waals surface area contributed by atoms with Crippen molar-refractivity contribution < 1.29 is 4.52 Å². The van der Waals surface area contributed by atoms with E-state index in [2.05, 4.69) is 15.1 Å². The number of fused-ring (bicyclic) bond motifs is 1. The minimum absolute atomic E-state index is 0.226. The van der Waals surface area contributed by atoms with Gasteiger partial charge in [0.15, 0.2) is 0 Å².